The van der Waals surface area contributed by atoms with Gasteiger partial charge in [0.2, 0.25) is 59.1 Å². The van der Waals surface area contributed by atoms with Crippen molar-refractivity contribution in [3.05, 3.63) is 144 Å². The molecule has 3 heterocycles. The Morgan fingerprint density at radius 3 is 0.991 bits per heavy atom. The number of hydrogen-bond acceptors (Lipinski definition) is 16. The number of aliphatic carboxylic acids is 2. The number of hydrogen-bond donors (Lipinski definition) is 14. The van der Waals surface area contributed by atoms with Gasteiger partial charge in [0.25, 0.3) is 0 Å². The third-order valence-corrected chi connectivity index (χ3v) is 19.4. The van der Waals surface area contributed by atoms with Crippen molar-refractivity contribution in [2.45, 2.75) is 217 Å². The molecule has 10 amide bonds. The smallest absolute Gasteiger partial charge is 0.321 e. The first kappa shape index (κ1) is 83.6. The van der Waals surface area contributed by atoms with Crippen LogP contribution in [0.15, 0.2) is 121 Å². The number of rotatable bonds is 26. The molecule has 0 spiro atoms. The van der Waals surface area contributed by atoms with Crippen LogP contribution in [-0.4, -0.2) is 202 Å². The molecule has 0 radical (unpaired) electrons. The molecule has 3 aliphatic rings. The van der Waals surface area contributed by atoms with Gasteiger partial charge in [-0.25, -0.2) is 0 Å². The monoisotopic (exact) mass is 1470 g/mol. The van der Waals surface area contributed by atoms with Gasteiger partial charge >= 0.3 is 11.9 Å². The molecule has 28 heteroatoms. The average molecular weight is 1470 g/mol. The lowest BCUT2D eigenvalue weighted by atomic mass is 9.98. The van der Waals surface area contributed by atoms with Gasteiger partial charge in [-0.3, -0.25) is 68.2 Å². The second-order valence-electron chi connectivity index (χ2n) is 29.7. The average Bonchev–Trinajstić information content (AvgIpc) is 1.64. The minimum absolute atomic E-state index is 0.0124. The van der Waals surface area contributed by atoms with Crippen LogP contribution in [0.2, 0.25) is 0 Å². The van der Waals surface area contributed by atoms with Gasteiger partial charge in [0.05, 0.1) is 0 Å². The van der Waals surface area contributed by atoms with E-state index in [1.165, 1.54) is 9.80 Å². The van der Waals surface area contributed by atoms with Crippen molar-refractivity contribution in [2.24, 2.45) is 35.1 Å². The van der Waals surface area contributed by atoms with Gasteiger partial charge in [0, 0.05) is 38.0 Å². The molecule has 0 unspecified atom stereocenters. The van der Waals surface area contributed by atoms with Crippen molar-refractivity contribution in [1.29, 1.82) is 0 Å². The van der Waals surface area contributed by atoms with Crippen LogP contribution in [0.4, 0.5) is 0 Å². The lowest BCUT2D eigenvalue weighted by Crippen LogP contribution is -2.62. The number of amides is 10. The van der Waals surface area contributed by atoms with Gasteiger partial charge in [-0.05, 0) is 123 Å². The summed E-state index contributed by atoms with van der Waals surface area (Å²) >= 11 is 0. The van der Waals surface area contributed by atoms with Crippen LogP contribution in [0.5, 0.6) is 0 Å². The number of carboxylic acid groups (broad SMARTS) is 2. The maximum Gasteiger partial charge on any atom is 0.321 e. The minimum atomic E-state index is -1.45. The van der Waals surface area contributed by atoms with Crippen LogP contribution in [0, 0.1) is 23.7 Å². The van der Waals surface area contributed by atoms with Crippen molar-refractivity contribution in [1.82, 2.24) is 63.0 Å². The van der Waals surface area contributed by atoms with Crippen molar-refractivity contribution >= 4 is 71.0 Å². The molecule has 106 heavy (non-hydrogen) atoms. The molecule has 0 aliphatic carbocycles. The highest BCUT2D eigenvalue weighted by Gasteiger charge is 2.48. The largest absolute Gasteiger partial charge is 0.480 e. The van der Waals surface area contributed by atoms with Crippen LogP contribution in [0.25, 0.3) is 0 Å². The van der Waals surface area contributed by atoms with E-state index >= 15 is 28.8 Å². The van der Waals surface area contributed by atoms with E-state index in [4.69, 9.17) is 11.5 Å². The SMILES string of the molecule is CC(C)C[C@@H]1NC(=O)[C@H](CCCN)NC(=O)[C@H](C(C)C)NC(=O)[C@@H]2C[C@@H](N[C@@H](Cc3ccccc3)C(=O)O)CN2C(=O)[C@@H](Cc2ccccc2)NC(=O)[C@H](CC(C)C)NC(=O)[C@@H](CCCN)NC(=O)[C@H](C(C)C)NC(=O)[C@@H]2C[C@@H](N[C@@H](Cc3ccccc3)C(=O)O)CN2C(=O)[C@@H](Cc2ccccc2)NC1=O. The van der Waals surface area contributed by atoms with Crippen LogP contribution < -0.4 is 64.6 Å². The standard InChI is InChI=1S/C78H110N14O14/c1-45(2)35-57-69(95)87-59(37-49-23-13-9-14-24-49)75(101)91-43-53(81-61(77(103)104)39-51-27-17-11-18-28-51)41-63(91)71(97)90-66(48(7)8)74(100)84-56(32-22-34-80)68(94)86-58(36-46(3)4)70(96)88-60(38-50-25-15-10-16-26-50)76(102)92-44-54(82-62(78(105)106)40-52-29-19-12-20-30-52)42-64(92)72(98)89-65(47(5)6)73(99)83-55(31-21-33-79)67(93)85-57/h9-20,23-30,45-48,53-66,81-82H,21-22,31-44,79-80H2,1-8H3,(H,83,99)(H,84,100)(H,85,93)(H,86,94)(H,87,95)(H,88,96)(H,89,98)(H,90,97)(H,103,104)(H,105,106)/t53-,54-,55-,56+,57+,58+,59-,60-,61+,62+,63+,64+,65+,66+/m1/s1. The maximum atomic E-state index is 15.7. The number of carboxylic acids is 2. The normalized spacial score (nSPS) is 25.1. The number of nitrogens with zero attached hydrogens (tertiary/aromatic N) is 2. The zero-order valence-electron chi connectivity index (χ0n) is 62.1. The molecule has 3 saturated heterocycles. The zero-order valence-corrected chi connectivity index (χ0v) is 62.1. The maximum absolute atomic E-state index is 15.7. The molecule has 3 fully saturated rings. The van der Waals surface area contributed by atoms with Gasteiger partial charge in [0.1, 0.15) is 72.5 Å². The van der Waals surface area contributed by atoms with Gasteiger partial charge < -0.3 is 74.0 Å². The summed E-state index contributed by atoms with van der Waals surface area (Å²) in [5.74, 6) is -12.4. The van der Waals surface area contributed by atoms with Crippen LogP contribution in [0.1, 0.15) is 129 Å². The van der Waals surface area contributed by atoms with Gasteiger partial charge in [0.15, 0.2) is 0 Å². The van der Waals surface area contributed by atoms with Gasteiger partial charge in [-0.2, -0.15) is 0 Å². The van der Waals surface area contributed by atoms with Gasteiger partial charge in [-0.15, -0.1) is 0 Å². The summed E-state index contributed by atoms with van der Waals surface area (Å²) in [6.07, 6.45) is -0.242. The Hall–Kier alpha value is -9.64. The van der Waals surface area contributed by atoms with E-state index in [9.17, 15) is 39.0 Å². The van der Waals surface area contributed by atoms with Crippen molar-refractivity contribution in [3.8, 4) is 0 Å². The second kappa shape index (κ2) is 40.7. The quantitative estimate of drug-likeness (QED) is 0.0426. The van der Waals surface area contributed by atoms with E-state index in [-0.39, 0.29) is 115 Å². The number of fused-ring (bicyclic) bond motifs is 2. The van der Waals surface area contributed by atoms with E-state index in [0.29, 0.717) is 22.3 Å². The highest BCUT2D eigenvalue weighted by molar-refractivity contribution is 6.00. The fourth-order valence-corrected chi connectivity index (χ4v) is 13.9. The summed E-state index contributed by atoms with van der Waals surface area (Å²) in [6, 6.07) is 17.0. The minimum Gasteiger partial charge on any atom is -0.480 e. The molecule has 16 N–H and O–H groups in total. The first-order valence-electron chi connectivity index (χ1n) is 37.1. The van der Waals surface area contributed by atoms with Crippen molar-refractivity contribution < 1.29 is 67.7 Å². The first-order valence-corrected chi connectivity index (χ1v) is 37.1. The summed E-state index contributed by atoms with van der Waals surface area (Å²) in [6.45, 7) is 13.5. The Morgan fingerprint density at radius 2 is 0.698 bits per heavy atom. The lowest BCUT2D eigenvalue weighted by Gasteiger charge is -2.33. The highest BCUT2D eigenvalue weighted by Crippen LogP contribution is 2.26. The molecule has 0 aromatic heterocycles. The third kappa shape index (κ3) is 24.7. The van der Waals surface area contributed by atoms with E-state index in [2.05, 4.69) is 53.2 Å². The Kier molecular flexibility index (Phi) is 32.1. The molecule has 14 atom stereocenters. The van der Waals surface area contributed by atoms with E-state index in [1.54, 1.807) is 149 Å². The zero-order chi connectivity index (χ0) is 77.3. The summed E-state index contributed by atoms with van der Waals surface area (Å²) in [4.78, 5) is 181. The van der Waals surface area contributed by atoms with E-state index in [1.807, 2.05) is 27.7 Å². The molecular weight excluding hydrogens is 1360 g/mol. The number of carbonyl (C=O) groups excluding carboxylic acids is 10. The van der Waals surface area contributed by atoms with Gasteiger partial charge in [-0.1, -0.05) is 177 Å². The molecule has 3 aliphatic heterocycles. The molecule has 0 saturated carbocycles. The fourth-order valence-electron chi connectivity index (χ4n) is 13.9. The summed E-state index contributed by atoms with van der Waals surface area (Å²) in [5.41, 5.74) is 14.6. The van der Waals surface area contributed by atoms with E-state index < -0.39 is 167 Å². The molecule has 4 aromatic rings. The third-order valence-electron chi connectivity index (χ3n) is 19.4. The number of nitrogens with two attached hydrogens (primary N) is 2. The lowest BCUT2D eigenvalue weighted by molar-refractivity contribution is -0.143. The van der Waals surface area contributed by atoms with Crippen molar-refractivity contribution in [3.63, 3.8) is 0 Å². The summed E-state index contributed by atoms with van der Waals surface area (Å²) in [7, 11) is 0. The van der Waals surface area contributed by atoms with Crippen LogP contribution in [0.3, 0.4) is 0 Å². The number of carbonyl (C=O) groups is 12. The first-order chi connectivity index (χ1) is 50.5. The number of nitrogens with one attached hydrogen (secondary N) is 10. The summed E-state index contributed by atoms with van der Waals surface area (Å²) in [5, 5.41) is 50.3. The topological polar surface area (TPSA) is 424 Å². The predicted molar refractivity (Wildman–Crippen MR) is 398 cm³/mol. The van der Waals surface area contributed by atoms with E-state index in [0.717, 1.165) is 0 Å². The Morgan fingerprint density at radius 1 is 0.406 bits per heavy atom. The fraction of sp³-hybridized carbons (Fsp3) is 0.538. The molecule has 28 nitrogen and oxygen atoms in total. The highest BCUT2D eigenvalue weighted by atomic mass is 16.4. The van der Waals surface area contributed by atoms with Crippen LogP contribution in [-0.2, 0) is 83.2 Å². The van der Waals surface area contributed by atoms with Crippen molar-refractivity contribution in [2.75, 3.05) is 26.2 Å². The molecule has 576 valence electrons. The number of benzene rings is 4. The second-order valence-corrected chi connectivity index (χ2v) is 29.7. The molecule has 4 aromatic carbocycles. The molecule has 7 rings (SSSR count). The Bertz CT molecular complexity index is 3380. The predicted octanol–water partition coefficient (Wildman–Crippen LogP) is 1.76. The van der Waals surface area contributed by atoms with Crippen LogP contribution >= 0.6 is 0 Å². The Labute approximate surface area is 621 Å². The Balaban J connectivity index is 1.34. The summed E-state index contributed by atoms with van der Waals surface area (Å²) < 4.78 is 0. The molecule has 0 bridgehead atoms. The molecular formula is C78H110N14O14.